The summed E-state index contributed by atoms with van der Waals surface area (Å²) < 4.78 is 28.6. The van der Waals surface area contributed by atoms with E-state index in [1.54, 1.807) is 48.0 Å². The number of rotatable bonds is 5. The van der Waals surface area contributed by atoms with Crippen molar-refractivity contribution >= 4 is 31.6 Å². The fourth-order valence-corrected chi connectivity index (χ4v) is 4.36. The summed E-state index contributed by atoms with van der Waals surface area (Å²) in [6, 6.07) is 16.5. The van der Waals surface area contributed by atoms with Gasteiger partial charge in [-0.15, -0.1) is 11.3 Å². The molecule has 2 aromatic carbocycles. The number of pyridine rings is 1. The minimum Gasteiger partial charge on any atom is -0.265 e. The van der Waals surface area contributed by atoms with E-state index in [0.717, 1.165) is 26.9 Å². The predicted octanol–water partition coefficient (Wildman–Crippen LogP) is 3.84. The van der Waals surface area contributed by atoms with Crippen LogP contribution < -0.4 is 4.72 Å². The van der Waals surface area contributed by atoms with Crippen LogP contribution >= 0.6 is 11.3 Å². The summed E-state index contributed by atoms with van der Waals surface area (Å²) in [5.74, 6) is 0. The molecule has 26 heavy (non-hydrogen) atoms. The molecule has 4 aromatic rings. The lowest BCUT2D eigenvalue weighted by Crippen LogP contribution is -2.23. The Hall–Kier alpha value is -2.61. The third-order valence-corrected chi connectivity index (χ3v) is 6.25. The molecular weight excluding hydrogens is 366 g/mol. The van der Waals surface area contributed by atoms with Crippen molar-refractivity contribution in [2.75, 3.05) is 0 Å². The fourth-order valence-electron chi connectivity index (χ4n) is 2.62. The molecule has 0 aliphatic carbocycles. The smallest absolute Gasteiger partial charge is 0.240 e. The van der Waals surface area contributed by atoms with Gasteiger partial charge in [0.2, 0.25) is 10.0 Å². The van der Waals surface area contributed by atoms with E-state index in [9.17, 15) is 8.42 Å². The van der Waals surface area contributed by atoms with Gasteiger partial charge < -0.3 is 0 Å². The van der Waals surface area contributed by atoms with E-state index in [4.69, 9.17) is 0 Å². The highest BCUT2D eigenvalue weighted by Crippen LogP contribution is 2.27. The van der Waals surface area contributed by atoms with Crippen molar-refractivity contribution in [3.63, 3.8) is 0 Å². The van der Waals surface area contributed by atoms with Crippen LogP contribution in [0, 0.1) is 0 Å². The standard InChI is InChI=1S/C19H15N3O2S2/c23-26(24,22-12-14-7-9-20-10-8-14)17-4-1-15(2-5-17)16-3-6-18-19(11-16)25-13-21-18/h1-11,13,22H,12H2. The maximum absolute atomic E-state index is 12.5. The zero-order valence-corrected chi connectivity index (χ0v) is 15.3. The van der Waals surface area contributed by atoms with E-state index in [1.807, 2.05) is 29.8 Å². The Bertz CT molecular complexity index is 1140. The summed E-state index contributed by atoms with van der Waals surface area (Å²) in [6.07, 6.45) is 3.27. The first-order valence-corrected chi connectivity index (χ1v) is 10.3. The van der Waals surface area contributed by atoms with Gasteiger partial charge in [0.1, 0.15) is 0 Å². The molecule has 5 nitrogen and oxygen atoms in total. The molecule has 130 valence electrons. The number of fused-ring (bicyclic) bond motifs is 1. The molecule has 0 saturated heterocycles. The molecule has 0 aliphatic heterocycles. The van der Waals surface area contributed by atoms with E-state index in [-0.39, 0.29) is 11.4 Å². The number of nitrogens with one attached hydrogen (secondary N) is 1. The largest absolute Gasteiger partial charge is 0.265 e. The molecular formula is C19H15N3O2S2. The first kappa shape index (κ1) is 16.8. The zero-order chi connectivity index (χ0) is 18.0. The lowest BCUT2D eigenvalue weighted by Gasteiger charge is -2.08. The van der Waals surface area contributed by atoms with Crippen LogP contribution in [0.1, 0.15) is 5.56 Å². The number of thiazole rings is 1. The van der Waals surface area contributed by atoms with E-state index >= 15 is 0 Å². The Morgan fingerprint density at radius 2 is 1.65 bits per heavy atom. The topological polar surface area (TPSA) is 72.0 Å². The van der Waals surface area contributed by atoms with Gasteiger partial charge in [0.05, 0.1) is 20.6 Å². The number of hydrogen-bond donors (Lipinski definition) is 1. The second kappa shape index (κ2) is 6.95. The molecule has 0 bridgehead atoms. The van der Waals surface area contributed by atoms with Gasteiger partial charge in [-0.1, -0.05) is 18.2 Å². The molecule has 2 heterocycles. The van der Waals surface area contributed by atoms with Gasteiger partial charge in [0, 0.05) is 18.9 Å². The van der Waals surface area contributed by atoms with Crippen LogP contribution in [-0.2, 0) is 16.6 Å². The summed E-state index contributed by atoms with van der Waals surface area (Å²) in [7, 11) is -3.56. The lowest BCUT2D eigenvalue weighted by atomic mass is 10.1. The fraction of sp³-hybridized carbons (Fsp3) is 0.0526. The SMILES string of the molecule is O=S(=O)(NCc1ccncc1)c1ccc(-c2ccc3ncsc3c2)cc1. The molecule has 0 fully saturated rings. The maximum atomic E-state index is 12.5. The number of benzene rings is 2. The van der Waals surface area contributed by atoms with Crippen molar-refractivity contribution in [2.24, 2.45) is 0 Å². The quantitative estimate of drug-likeness (QED) is 0.570. The van der Waals surface area contributed by atoms with Crippen LogP contribution in [0.2, 0.25) is 0 Å². The van der Waals surface area contributed by atoms with E-state index in [0.29, 0.717) is 0 Å². The summed E-state index contributed by atoms with van der Waals surface area (Å²) in [5.41, 5.74) is 5.65. The first-order chi connectivity index (χ1) is 12.6. The van der Waals surface area contributed by atoms with Crippen molar-refractivity contribution in [1.29, 1.82) is 0 Å². The highest BCUT2D eigenvalue weighted by atomic mass is 32.2. The Morgan fingerprint density at radius 1 is 0.923 bits per heavy atom. The number of nitrogens with zero attached hydrogens (tertiary/aromatic N) is 2. The predicted molar refractivity (Wildman–Crippen MR) is 103 cm³/mol. The van der Waals surface area contributed by atoms with Gasteiger partial charge >= 0.3 is 0 Å². The molecule has 0 saturated carbocycles. The molecule has 4 rings (SSSR count). The van der Waals surface area contributed by atoms with Gasteiger partial charge in [0.15, 0.2) is 0 Å². The number of aromatic nitrogens is 2. The van der Waals surface area contributed by atoms with Crippen molar-refractivity contribution in [3.8, 4) is 11.1 Å². The van der Waals surface area contributed by atoms with Crippen molar-refractivity contribution < 1.29 is 8.42 Å². The maximum Gasteiger partial charge on any atom is 0.240 e. The molecule has 0 amide bonds. The van der Waals surface area contributed by atoms with Crippen molar-refractivity contribution in [2.45, 2.75) is 11.4 Å². The average Bonchev–Trinajstić information content (AvgIpc) is 3.15. The van der Waals surface area contributed by atoms with Crippen molar-refractivity contribution in [3.05, 3.63) is 78.1 Å². The zero-order valence-electron chi connectivity index (χ0n) is 13.7. The normalized spacial score (nSPS) is 11.7. The Balaban J connectivity index is 1.54. The second-order valence-corrected chi connectivity index (χ2v) is 8.39. The molecule has 0 unspecified atom stereocenters. The van der Waals surface area contributed by atoms with Gasteiger partial charge in [0.25, 0.3) is 0 Å². The summed E-state index contributed by atoms with van der Waals surface area (Å²) in [4.78, 5) is 8.44. The highest BCUT2D eigenvalue weighted by molar-refractivity contribution is 7.89. The first-order valence-electron chi connectivity index (χ1n) is 7.94. The molecule has 0 spiro atoms. The summed E-state index contributed by atoms with van der Waals surface area (Å²) in [5, 5.41) is 0. The molecule has 2 aromatic heterocycles. The van der Waals surface area contributed by atoms with E-state index in [1.165, 1.54) is 0 Å². The molecule has 0 radical (unpaired) electrons. The average molecular weight is 381 g/mol. The summed E-state index contributed by atoms with van der Waals surface area (Å²) in [6.45, 7) is 0.231. The Morgan fingerprint density at radius 3 is 2.42 bits per heavy atom. The summed E-state index contributed by atoms with van der Waals surface area (Å²) >= 11 is 1.59. The second-order valence-electron chi connectivity index (χ2n) is 5.74. The number of sulfonamides is 1. The number of hydrogen-bond acceptors (Lipinski definition) is 5. The molecule has 0 atom stereocenters. The van der Waals surface area contributed by atoms with Crippen LogP contribution in [0.5, 0.6) is 0 Å². The third-order valence-electron chi connectivity index (χ3n) is 4.04. The van der Waals surface area contributed by atoms with Gasteiger partial charge in [-0.05, 0) is 53.1 Å². The van der Waals surface area contributed by atoms with Crippen LogP contribution in [0.15, 0.2) is 77.4 Å². The monoisotopic (exact) mass is 381 g/mol. The minimum atomic E-state index is -3.56. The van der Waals surface area contributed by atoms with Crippen LogP contribution in [0.4, 0.5) is 0 Å². The van der Waals surface area contributed by atoms with Crippen LogP contribution in [-0.4, -0.2) is 18.4 Å². The molecule has 0 aliphatic rings. The van der Waals surface area contributed by atoms with Crippen LogP contribution in [0.3, 0.4) is 0 Å². The minimum absolute atomic E-state index is 0.231. The van der Waals surface area contributed by atoms with Crippen LogP contribution in [0.25, 0.3) is 21.3 Å². The van der Waals surface area contributed by atoms with Gasteiger partial charge in [-0.3, -0.25) is 4.98 Å². The van der Waals surface area contributed by atoms with E-state index < -0.39 is 10.0 Å². The molecule has 1 N–H and O–H groups in total. The third kappa shape index (κ3) is 3.50. The Kier molecular flexibility index (Phi) is 4.50. The van der Waals surface area contributed by atoms with Gasteiger partial charge in [-0.2, -0.15) is 0 Å². The highest BCUT2D eigenvalue weighted by Gasteiger charge is 2.14. The van der Waals surface area contributed by atoms with E-state index in [2.05, 4.69) is 20.8 Å². The van der Waals surface area contributed by atoms with Crippen molar-refractivity contribution in [1.82, 2.24) is 14.7 Å². The van der Waals surface area contributed by atoms with Gasteiger partial charge in [-0.25, -0.2) is 18.1 Å². The lowest BCUT2D eigenvalue weighted by molar-refractivity contribution is 0.581. The Labute approximate surface area is 155 Å². The molecule has 7 heteroatoms.